The summed E-state index contributed by atoms with van der Waals surface area (Å²) >= 11 is 1.79. The van der Waals surface area contributed by atoms with Gasteiger partial charge in [-0.25, -0.2) is 4.99 Å². The van der Waals surface area contributed by atoms with Crippen LogP contribution in [0.25, 0.3) is 0 Å². The Labute approximate surface area is 109 Å². The van der Waals surface area contributed by atoms with Crippen LogP contribution < -0.4 is 0 Å². The second-order valence-electron chi connectivity index (χ2n) is 6.69. The Morgan fingerprint density at radius 1 is 1.24 bits per heavy atom. The van der Waals surface area contributed by atoms with Gasteiger partial charge in [0.1, 0.15) is 6.10 Å². The maximum atomic E-state index is 5.80. The number of rotatable bonds is 1. The van der Waals surface area contributed by atoms with Crippen molar-refractivity contribution in [1.29, 1.82) is 0 Å². The van der Waals surface area contributed by atoms with Crippen LogP contribution in [0.3, 0.4) is 0 Å². The van der Waals surface area contributed by atoms with E-state index < -0.39 is 0 Å². The lowest BCUT2D eigenvalue weighted by molar-refractivity contribution is 0.100. The molecule has 0 aromatic heterocycles. The van der Waals surface area contributed by atoms with Gasteiger partial charge in [0.25, 0.3) is 0 Å². The van der Waals surface area contributed by atoms with Crippen LogP contribution in [-0.2, 0) is 4.74 Å². The second kappa shape index (κ2) is 3.66. The Morgan fingerprint density at radius 3 is 2.47 bits per heavy atom. The summed E-state index contributed by atoms with van der Waals surface area (Å²) in [6.45, 7) is 9.30. The third kappa shape index (κ3) is 1.57. The highest BCUT2D eigenvalue weighted by atomic mass is 32.2. The van der Waals surface area contributed by atoms with Crippen LogP contribution in [0.2, 0.25) is 0 Å². The zero-order valence-corrected chi connectivity index (χ0v) is 12.1. The monoisotopic (exact) mass is 253 g/mol. The van der Waals surface area contributed by atoms with Gasteiger partial charge in [-0.15, -0.1) is 0 Å². The Kier molecular flexibility index (Phi) is 2.56. The maximum absolute atomic E-state index is 5.80. The molecule has 0 unspecified atom stereocenters. The van der Waals surface area contributed by atoms with E-state index in [1.165, 1.54) is 19.3 Å². The molecule has 0 aromatic carbocycles. The molecule has 2 saturated carbocycles. The lowest BCUT2D eigenvalue weighted by Crippen LogP contribution is -2.45. The molecule has 4 atom stereocenters. The molecule has 3 aliphatic rings. The molecule has 2 nitrogen and oxygen atoms in total. The van der Waals surface area contributed by atoms with Gasteiger partial charge >= 0.3 is 0 Å². The Hall–Kier alpha value is -0.180. The zero-order valence-electron chi connectivity index (χ0n) is 11.3. The van der Waals surface area contributed by atoms with Crippen LogP contribution in [0.15, 0.2) is 4.99 Å². The number of fused-ring (bicyclic) bond motifs is 2. The summed E-state index contributed by atoms with van der Waals surface area (Å²) in [6, 6.07) is 0. The number of ether oxygens (including phenoxy) is 1. The molecule has 0 radical (unpaired) electrons. The minimum absolute atomic E-state index is 0.0995. The summed E-state index contributed by atoms with van der Waals surface area (Å²) in [6.07, 6.45) is 4.48. The highest BCUT2D eigenvalue weighted by molar-refractivity contribution is 8.13. The number of thioether (sulfide) groups is 1. The van der Waals surface area contributed by atoms with Crippen LogP contribution in [0, 0.1) is 17.3 Å². The number of hydrogen-bond acceptors (Lipinski definition) is 3. The van der Waals surface area contributed by atoms with Crippen LogP contribution >= 0.6 is 11.8 Å². The van der Waals surface area contributed by atoms with Gasteiger partial charge in [0.05, 0.1) is 5.54 Å². The zero-order chi connectivity index (χ0) is 12.3. The fraction of sp³-hybridized carbons (Fsp3) is 0.929. The van der Waals surface area contributed by atoms with Gasteiger partial charge in [0.15, 0.2) is 0 Å². The van der Waals surface area contributed by atoms with Gasteiger partial charge in [-0.3, -0.25) is 0 Å². The summed E-state index contributed by atoms with van der Waals surface area (Å²) in [5.41, 5.74) is 0.432. The Morgan fingerprint density at radius 2 is 1.94 bits per heavy atom. The van der Waals surface area contributed by atoms with Gasteiger partial charge in [-0.1, -0.05) is 25.6 Å². The van der Waals surface area contributed by atoms with Gasteiger partial charge in [0.2, 0.25) is 5.23 Å². The van der Waals surface area contributed by atoms with E-state index in [0.717, 1.165) is 22.8 Å². The van der Waals surface area contributed by atoms with Crippen LogP contribution in [0.4, 0.5) is 0 Å². The molecule has 1 saturated heterocycles. The summed E-state index contributed by atoms with van der Waals surface area (Å²) in [5, 5.41) is 0.945. The first kappa shape index (κ1) is 11.9. The average molecular weight is 253 g/mol. The molecule has 3 fully saturated rings. The van der Waals surface area contributed by atoms with Gasteiger partial charge in [0, 0.05) is 5.75 Å². The van der Waals surface area contributed by atoms with Gasteiger partial charge < -0.3 is 4.74 Å². The number of aliphatic imine (C=N–C) groups is 1. The molecule has 17 heavy (non-hydrogen) atoms. The fourth-order valence-electron chi connectivity index (χ4n) is 4.00. The third-order valence-corrected chi connectivity index (χ3v) is 6.69. The van der Waals surface area contributed by atoms with E-state index in [1.54, 1.807) is 11.8 Å². The van der Waals surface area contributed by atoms with Crippen molar-refractivity contribution in [1.82, 2.24) is 0 Å². The predicted octanol–water partition coefficient (Wildman–Crippen LogP) is 3.71. The first-order valence-corrected chi connectivity index (χ1v) is 7.81. The van der Waals surface area contributed by atoms with Crippen molar-refractivity contribution in [3.05, 3.63) is 0 Å². The van der Waals surface area contributed by atoms with E-state index in [2.05, 4.69) is 27.7 Å². The predicted molar refractivity (Wildman–Crippen MR) is 73.5 cm³/mol. The normalized spacial score (nSPS) is 49.9. The lowest BCUT2D eigenvalue weighted by atomic mass is 9.64. The largest absolute Gasteiger partial charge is 0.469 e. The molecular formula is C14H23NOS. The molecule has 2 aliphatic carbocycles. The van der Waals surface area contributed by atoms with Gasteiger partial charge in [-0.2, -0.15) is 0 Å². The summed E-state index contributed by atoms with van der Waals surface area (Å²) in [7, 11) is 0. The minimum atomic E-state index is 0.0995. The fourth-order valence-corrected chi connectivity index (χ4v) is 4.93. The summed E-state index contributed by atoms with van der Waals surface area (Å²) in [5.74, 6) is 2.70. The van der Waals surface area contributed by atoms with Crippen molar-refractivity contribution >= 4 is 17.0 Å². The smallest absolute Gasteiger partial charge is 0.246 e. The summed E-state index contributed by atoms with van der Waals surface area (Å²) < 4.78 is 5.80. The topological polar surface area (TPSA) is 21.6 Å². The minimum Gasteiger partial charge on any atom is -0.469 e. The third-order valence-electron chi connectivity index (χ3n) is 5.62. The van der Waals surface area contributed by atoms with E-state index in [-0.39, 0.29) is 5.54 Å². The van der Waals surface area contributed by atoms with Crippen LogP contribution in [0.1, 0.15) is 47.0 Å². The van der Waals surface area contributed by atoms with Crippen molar-refractivity contribution in [2.45, 2.75) is 58.6 Å². The van der Waals surface area contributed by atoms with Gasteiger partial charge in [-0.05, 0) is 50.4 Å². The van der Waals surface area contributed by atoms with Crippen molar-refractivity contribution < 1.29 is 4.74 Å². The average Bonchev–Trinajstić information content (AvgIpc) is 2.88. The Balaban J connectivity index is 1.91. The molecule has 1 aliphatic heterocycles. The van der Waals surface area contributed by atoms with Crippen molar-refractivity contribution in [3.63, 3.8) is 0 Å². The van der Waals surface area contributed by atoms with E-state index in [0.29, 0.717) is 11.5 Å². The highest BCUT2D eigenvalue weighted by Crippen LogP contribution is 2.63. The van der Waals surface area contributed by atoms with Crippen molar-refractivity contribution in [2.75, 3.05) is 5.75 Å². The van der Waals surface area contributed by atoms with Crippen molar-refractivity contribution in [2.24, 2.45) is 22.2 Å². The maximum Gasteiger partial charge on any atom is 0.246 e. The Bertz CT molecular complexity index is 365. The molecule has 96 valence electrons. The molecule has 1 heterocycles. The van der Waals surface area contributed by atoms with Crippen LogP contribution in [0.5, 0.6) is 0 Å². The molecule has 3 heteroatoms. The number of nitrogens with zero attached hydrogens (tertiary/aromatic N) is 1. The quantitative estimate of drug-likeness (QED) is 0.710. The summed E-state index contributed by atoms with van der Waals surface area (Å²) in [4.78, 5) is 5.05. The van der Waals surface area contributed by atoms with E-state index in [1.807, 2.05) is 0 Å². The lowest BCUT2D eigenvalue weighted by Gasteiger charge is -2.44. The SMILES string of the molecule is C[C@@H]1CSC(=N[C@@]2(C)[C@H]3CC[C@@H](C3)C2(C)C)O1. The number of hydrogen-bond donors (Lipinski definition) is 0. The van der Waals surface area contributed by atoms with E-state index in [4.69, 9.17) is 9.73 Å². The molecule has 0 aromatic rings. The van der Waals surface area contributed by atoms with Crippen molar-refractivity contribution in [3.8, 4) is 0 Å². The highest BCUT2D eigenvalue weighted by Gasteiger charge is 2.60. The molecule has 0 N–H and O–H groups in total. The molecule has 0 amide bonds. The standard InChI is InChI=1S/C14H23NOS/c1-9-8-17-12(16-9)15-14(4)11-6-5-10(7-11)13(14,2)3/h9-11H,5-8H2,1-4H3/t9-,10+,11+,14+/m1/s1. The van der Waals surface area contributed by atoms with Crippen LogP contribution in [-0.4, -0.2) is 22.6 Å². The first-order chi connectivity index (χ1) is 7.93. The molecular weight excluding hydrogens is 230 g/mol. The van der Waals surface area contributed by atoms with E-state index in [9.17, 15) is 0 Å². The molecule has 3 rings (SSSR count). The first-order valence-electron chi connectivity index (χ1n) is 6.83. The molecule has 2 bridgehead atoms. The van der Waals surface area contributed by atoms with E-state index >= 15 is 0 Å². The molecule has 0 spiro atoms. The second-order valence-corrected chi connectivity index (χ2v) is 7.66.